The molecular formula is C22H26N4O3. The van der Waals surface area contributed by atoms with Gasteiger partial charge in [0.05, 0.1) is 24.2 Å². The third-order valence-electron chi connectivity index (χ3n) is 4.43. The Hall–Kier alpha value is -3.35. The lowest BCUT2D eigenvalue weighted by Gasteiger charge is -2.12. The van der Waals surface area contributed by atoms with Crippen molar-refractivity contribution in [1.82, 2.24) is 14.9 Å². The van der Waals surface area contributed by atoms with E-state index >= 15 is 0 Å². The first-order valence-corrected chi connectivity index (χ1v) is 9.72. The average molecular weight is 394 g/mol. The van der Waals surface area contributed by atoms with Gasteiger partial charge >= 0.3 is 0 Å². The maximum absolute atomic E-state index is 12.7. The second kappa shape index (κ2) is 9.23. The maximum atomic E-state index is 12.7. The summed E-state index contributed by atoms with van der Waals surface area (Å²) in [5, 5.41) is 5.77. The van der Waals surface area contributed by atoms with E-state index in [-0.39, 0.29) is 30.8 Å². The molecular weight excluding hydrogens is 368 g/mol. The quantitative estimate of drug-likeness (QED) is 0.614. The Morgan fingerprint density at radius 2 is 1.83 bits per heavy atom. The number of carbonyl (C=O) groups excluding carboxylic acids is 2. The van der Waals surface area contributed by atoms with E-state index in [1.165, 1.54) is 0 Å². The van der Waals surface area contributed by atoms with E-state index < -0.39 is 0 Å². The van der Waals surface area contributed by atoms with Crippen molar-refractivity contribution in [1.29, 1.82) is 0 Å². The molecule has 3 aromatic rings. The van der Waals surface area contributed by atoms with E-state index in [0.717, 1.165) is 16.8 Å². The van der Waals surface area contributed by atoms with Gasteiger partial charge in [0.2, 0.25) is 11.8 Å². The average Bonchev–Trinajstić information content (AvgIpc) is 3.05. The number of anilines is 1. The second-order valence-corrected chi connectivity index (χ2v) is 6.98. The Morgan fingerprint density at radius 1 is 1.10 bits per heavy atom. The summed E-state index contributed by atoms with van der Waals surface area (Å²) < 4.78 is 7.25. The summed E-state index contributed by atoms with van der Waals surface area (Å²) in [6, 6.07) is 14.9. The van der Waals surface area contributed by atoms with Gasteiger partial charge in [0.1, 0.15) is 18.1 Å². The number of hydrogen-bond acceptors (Lipinski definition) is 4. The first kappa shape index (κ1) is 20.4. The van der Waals surface area contributed by atoms with Crippen LogP contribution in [0.5, 0.6) is 5.75 Å². The van der Waals surface area contributed by atoms with E-state index in [2.05, 4.69) is 15.6 Å². The van der Waals surface area contributed by atoms with E-state index in [1.54, 1.807) is 12.1 Å². The highest BCUT2D eigenvalue weighted by Crippen LogP contribution is 2.18. The van der Waals surface area contributed by atoms with Crippen molar-refractivity contribution in [2.24, 2.45) is 5.92 Å². The lowest BCUT2D eigenvalue weighted by Crippen LogP contribution is -2.29. The van der Waals surface area contributed by atoms with Crippen LogP contribution < -0.4 is 15.4 Å². The largest absolute Gasteiger partial charge is 0.494 e. The summed E-state index contributed by atoms with van der Waals surface area (Å²) in [7, 11) is 0. The fraction of sp³-hybridized carbons (Fsp3) is 0.318. The van der Waals surface area contributed by atoms with Crippen LogP contribution in [-0.2, 0) is 22.7 Å². The van der Waals surface area contributed by atoms with Gasteiger partial charge in [0, 0.05) is 11.6 Å². The smallest absolute Gasteiger partial charge is 0.244 e. The van der Waals surface area contributed by atoms with Crippen LogP contribution in [0.25, 0.3) is 11.0 Å². The van der Waals surface area contributed by atoms with Crippen molar-refractivity contribution in [2.75, 3.05) is 11.9 Å². The number of imidazole rings is 1. The summed E-state index contributed by atoms with van der Waals surface area (Å²) in [4.78, 5) is 29.2. The summed E-state index contributed by atoms with van der Waals surface area (Å²) in [6.07, 6.45) is 0. The van der Waals surface area contributed by atoms with E-state index in [0.29, 0.717) is 18.1 Å². The minimum absolute atomic E-state index is 0.0533. The Labute approximate surface area is 170 Å². The highest BCUT2D eigenvalue weighted by Gasteiger charge is 2.15. The van der Waals surface area contributed by atoms with Gasteiger partial charge in [-0.1, -0.05) is 26.0 Å². The van der Waals surface area contributed by atoms with Crippen LogP contribution in [-0.4, -0.2) is 28.0 Å². The SMILES string of the molecule is CCOc1ccc(NC(=O)Cn2c(CNC(=O)C(C)C)nc3ccccc32)cc1. The zero-order chi connectivity index (χ0) is 20.8. The van der Waals surface area contributed by atoms with Crippen molar-refractivity contribution in [3.05, 3.63) is 54.4 Å². The molecule has 2 aromatic carbocycles. The van der Waals surface area contributed by atoms with Crippen molar-refractivity contribution in [3.63, 3.8) is 0 Å². The summed E-state index contributed by atoms with van der Waals surface area (Å²) >= 11 is 0. The standard InChI is InChI=1S/C22H26N4O3/c1-4-29-17-11-9-16(10-12-17)24-21(27)14-26-19-8-6-5-7-18(19)25-20(26)13-23-22(28)15(2)3/h5-12,15H,4,13-14H2,1-3H3,(H,23,28)(H,24,27). The summed E-state index contributed by atoms with van der Waals surface area (Å²) in [6.45, 7) is 6.55. The first-order chi connectivity index (χ1) is 14.0. The number of fused-ring (bicyclic) bond motifs is 1. The molecule has 1 heterocycles. The van der Waals surface area contributed by atoms with Crippen LogP contribution in [0.2, 0.25) is 0 Å². The first-order valence-electron chi connectivity index (χ1n) is 9.72. The minimum Gasteiger partial charge on any atom is -0.494 e. The number of aromatic nitrogens is 2. The molecule has 1 aromatic heterocycles. The highest BCUT2D eigenvalue weighted by molar-refractivity contribution is 5.91. The van der Waals surface area contributed by atoms with Gasteiger partial charge in [0.25, 0.3) is 0 Å². The molecule has 0 aliphatic rings. The molecule has 0 spiro atoms. The topological polar surface area (TPSA) is 85.2 Å². The van der Waals surface area contributed by atoms with Gasteiger partial charge in [-0.15, -0.1) is 0 Å². The molecule has 29 heavy (non-hydrogen) atoms. The van der Waals surface area contributed by atoms with Gasteiger partial charge in [-0.3, -0.25) is 9.59 Å². The molecule has 0 aliphatic carbocycles. The Balaban J connectivity index is 1.76. The Kier molecular flexibility index (Phi) is 6.49. The van der Waals surface area contributed by atoms with Gasteiger partial charge < -0.3 is 19.9 Å². The Bertz CT molecular complexity index is 993. The maximum Gasteiger partial charge on any atom is 0.244 e. The van der Waals surface area contributed by atoms with Crippen LogP contribution >= 0.6 is 0 Å². The number of ether oxygens (including phenoxy) is 1. The lowest BCUT2D eigenvalue weighted by atomic mass is 10.2. The van der Waals surface area contributed by atoms with E-state index in [9.17, 15) is 9.59 Å². The van der Waals surface area contributed by atoms with Crippen LogP contribution in [0.1, 0.15) is 26.6 Å². The van der Waals surface area contributed by atoms with Crippen LogP contribution in [0.15, 0.2) is 48.5 Å². The molecule has 0 bridgehead atoms. The monoisotopic (exact) mass is 394 g/mol. The van der Waals surface area contributed by atoms with Crippen molar-refractivity contribution in [2.45, 2.75) is 33.9 Å². The zero-order valence-electron chi connectivity index (χ0n) is 16.9. The molecule has 7 heteroatoms. The molecule has 3 rings (SSSR count). The third kappa shape index (κ3) is 5.13. The Morgan fingerprint density at radius 3 is 2.52 bits per heavy atom. The second-order valence-electron chi connectivity index (χ2n) is 6.98. The molecule has 0 saturated heterocycles. The van der Waals surface area contributed by atoms with Crippen LogP contribution in [0.4, 0.5) is 5.69 Å². The number of amides is 2. The van der Waals surface area contributed by atoms with E-state index in [4.69, 9.17) is 4.74 Å². The van der Waals surface area contributed by atoms with Crippen molar-refractivity contribution >= 4 is 28.5 Å². The molecule has 0 saturated carbocycles. The zero-order valence-corrected chi connectivity index (χ0v) is 16.9. The molecule has 7 nitrogen and oxygen atoms in total. The predicted molar refractivity (Wildman–Crippen MR) is 113 cm³/mol. The number of nitrogens with zero attached hydrogens (tertiary/aromatic N) is 2. The fourth-order valence-electron chi connectivity index (χ4n) is 2.95. The summed E-state index contributed by atoms with van der Waals surface area (Å²) in [5.41, 5.74) is 2.33. The molecule has 0 atom stereocenters. The molecule has 0 unspecified atom stereocenters. The van der Waals surface area contributed by atoms with Gasteiger partial charge in [-0.2, -0.15) is 0 Å². The van der Waals surface area contributed by atoms with E-state index in [1.807, 2.05) is 61.7 Å². The molecule has 0 aliphatic heterocycles. The number of rotatable bonds is 8. The lowest BCUT2D eigenvalue weighted by molar-refractivity contribution is -0.124. The third-order valence-corrected chi connectivity index (χ3v) is 4.43. The summed E-state index contributed by atoms with van der Waals surface area (Å²) in [5.74, 6) is 1.06. The van der Waals surface area contributed by atoms with Gasteiger partial charge in [0.15, 0.2) is 0 Å². The number of hydrogen-bond donors (Lipinski definition) is 2. The molecule has 0 fully saturated rings. The normalized spacial score (nSPS) is 10.9. The molecule has 152 valence electrons. The fourth-order valence-corrected chi connectivity index (χ4v) is 2.95. The van der Waals surface area contributed by atoms with Crippen molar-refractivity contribution < 1.29 is 14.3 Å². The number of para-hydroxylation sites is 2. The van der Waals surface area contributed by atoms with Crippen LogP contribution in [0, 0.1) is 5.92 Å². The predicted octanol–water partition coefficient (Wildman–Crippen LogP) is 3.35. The molecule has 2 N–H and O–H groups in total. The number of benzene rings is 2. The van der Waals surface area contributed by atoms with Gasteiger partial charge in [-0.05, 0) is 43.3 Å². The molecule has 2 amide bonds. The van der Waals surface area contributed by atoms with Crippen molar-refractivity contribution in [3.8, 4) is 5.75 Å². The van der Waals surface area contributed by atoms with Crippen LogP contribution in [0.3, 0.4) is 0 Å². The van der Waals surface area contributed by atoms with Gasteiger partial charge in [-0.25, -0.2) is 4.98 Å². The highest BCUT2D eigenvalue weighted by atomic mass is 16.5. The number of nitrogens with one attached hydrogen (secondary N) is 2. The molecule has 0 radical (unpaired) electrons. The minimum atomic E-state index is -0.172. The number of carbonyl (C=O) groups is 2.